The van der Waals surface area contributed by atoms with Crippen LogP contribution in [0.4, 0.5) is 0 Å². The highest BCUT2D eigenvalue weighted by atomic mass is 15.2. The van der Waals surface area contributed by atoms with Crippen molar-refractivity contribution in [2.75, 3.05) is 26.2 Å². The van der Waals surface area contributed by atoms with Crippen LogP contribution in [0.25, 0.3) is 0 Å². The molecule has 0 spiro atoms. The highest BCUT2D eigenvalue weighted by Gasteiger charge is 2.27. The standard InChI is InChI=1S/C16H34N2/c1-5-16(4)14-18(13-11-17-16)12-9-7-6-8-10-15(2)3/h15,17H,5-14H2,1-4H3. The molecule has 1 atom stereocenters. The normalized spacial score (nSPS) is 25.8. The average Bonchev–Trinajstić information content (AvgIpc) is 2.33. The summed E-state index contributed by atoms with van der Waals surface area (Å²) in [5, 5.41) is 3.66. The van der Waals surface area contributed by atoms with E-state index in [1.807, 2.05) is 0 Å². The summed E-state index contributed by atoms with van der Waals surface area (Å²) in [7, 11) is 0. The van der Waals surface area contributed by atoms with Gasteiger partial charge in [-0.15, -0.1) is 0 Å². The van der Waals surface area contributed by atoms with E-state index < -0.39 is 0 Å². The van der Waals surface area contributed by atoms with Crippen molar-refractivity contribution in [2.24, 2.45) is 5.92 Å². The van der Waals surface area contributed by atoms with Crippen LogP contribution in [0.5, 0.6) is 0 Å². The van der Waals surface area contributed by atoms with Crippen molar-refractivity contribution < 1.29 is 0 Å². The minimum atomic E-state index is 0.357. The Bertz CT molecular complexity index is 215. The molecule has 1 aliphatic rings. The molecule has 1 unspecified atom stereocenters. The van der Waals surface area contributed by atoms with Gasteiger partial charge in [-0.2, -0.15) is 0 Å². The Balaban J connectivity index is 2.05. The highest BCUT2D eigenvalue weighted by Crippen LogP contribution is 2.16. The first-order valence-electron chi connectivity index (χ1n) is 8.03. The van der Waals surface area contributed by atoms with Gasteiger partial charge < -0.3 is 10.2 Å². The summed E-state index contributed by atoms with van der Waals surface area (Å²) >= 11 is 0. The Morgan fingerprint density at radius 1 is 1.17 bits per heavy atom. The third kappa shape index (κ3) is 6.19. The second kappa shape index (κ2) is 8.16. The smallest absolute Gasteiger partial charge is 0.0278 e. The maximum atomic E-state index is 3.66. The third-order valence-electron chi connectivity index (χ3n) is 4.34. The van der Waals surface area contributed by atoms with Crippen molar-refractivity contribution in [1.82, 2.24) is 10.2 Å². The van der Waals surface area contributed by atoms with Gasteiger partial charge in [-0.3, -0.25) is 0 Å². The van der Waals surface area contributed by atoms with Crippen LogP contribution in [0.15, 0.2) is 0 Å². The summed E-state index contributed by atoms with van der Waals surface area (Å²) in [5.74, 6) is 0.878. The van der Waals surface area contributed by atoms with Crippen LogP contribution in [-0.4, -0.2) is 36.6 Å². The molecule has 0 aliphatic carbocycles. The van der Waals surface area contributed by atoms with Crippen LogP contribution in [0.1, 0.15) is 66.2 Å². The molecular weight excluding hydrogens is 220 g/mol. The quantitative estimate of drug-likeness (QED) is 0.665. The molecule has 1 rings (SSSR count). The van der Waals surface area contributed by atoms with Gasteiger partial charge in [-0.05, 0) is 32.2 Å². The molecule has 0 radical (unpaired) electrons. The largest absolute Gasteiger partial charge is 0.309 e. The third-order valence-corrected chi connectivity index (χ3v) is 4.34. The second-order valence-electron chi connectivity index (χ2n) is 6.71. The lowest BCUT2D eigenvalue weighted by Crippen LogP contribution is -2.58. The Labute approximate surface area is 115 Å². The Morgan fingerprint density at radius 2 is 1.89 bits per heavy atom. The Kier molecular flexibility index (Phi) is 7.25. The number of hydrogen-bond donors (Lipinski definition) is 1. The highest BCUT2D eigenvalue weighted by molar-refractivity contribution is 4.89. The zero-order valence-electron chi connectivity index (χ0n) is 13.1. The topological polar surface area (TPSA) is 15.3 Å². The average molecular weight is 254 g/mol. The molecular formula is C16H34N2. The lowest BCUT2D eigenvalue weighted by molar-refractivity contribution is 0.137. The summed E-state index contributed by atoms with van der Waals surface area (Å²) in [6.45, 7) is 14.2. The van der Waals surface area contributed by atoms with E-state index >= 15 is 0 Å². The van der Waals surface area contributed by atoms with E-state index in [1.54, 1.807) is 0 Å². The molecule has 0 aromatic rings. The van der Waals surface area contributed by atoms with Crippen LogP contribution in [0.2, 0.25) is 0 Å². The van der Waals surface area contributed by atoms with E-state index in [1.165, 1.54) is 58.2 Å². The maximum Gasteiger partial charge on any atom is 0.0278 e. The SMILES string of the molecule is CCC1(C)CN(CCCCCCC(C)C)CCN1. The van der Waals surface area contributed by atoms with E-state index in [9.17, 15) is 0 Å². The molecule has 1 N–H and O–H groups in total. The molecule has 1 fully saturated rings. The van der Waals surface area contributed by atoms with Gasteiger partial charge >= 0.3 is 0 Å². The van der Waals surface area contributed by atoms with Crippen molar-refractivity contribution in [3.8, 4) is 0 Å². The maximum absolute atomic E-state index is 3.66. The van der Waals surface area contributed by atoms with Crippen molar-refractivity contribution in [1.29, 1.82) is 0 Å². The van der Waals surface area contributed by atoms with Gasteiger partial charge in [-0.25, -0.2) is 0 Å². The first kappa shape index (κ1) is 16.0. The number of hydrogen-bond acceptors (Lipinski definition) is 2. The summed E-state index contributed by atoms with van der Waals surface area (Å²) in [4.78, 5) is 2.66. The van der Waals surface area contributed by atoms with E-state index in [2.05, 4.69) is 37.9 Å². The number of piperazine rings is 1. The van der Waals surface area contributed by atoms with E-state index in [0.29, 0.717) is 5.54 Å². The molecule has 0 amide bonds. The minimum Gasteiger partial charge on any atom is -0.309 e. The monoisotopic (exact) mass is 254 g/mol. The lowest BCUT2D eigenvalue weighted by Gasteiger charge is -2.41. The molecule has 108 valence electrons. The number of nitrogens with one attached hydrogen (secondary N) is 1. The first-order chi connectivity index (χ1) is 8.56. The summed E-state index contributed by atoms with van der Waals surface area (Å²) < 4.78 is 0. The molecule has 2 nitrogen and oxygen atoms in total. The van der Waals surface area contributed by atoms with Crippen molar-refractivity contribution in [2.45, 2.75) is 71.8 Å². The number of unbranched alkanes of at least 4 members (excludes halogenated alkanes) is 3. The van der Waals surface area contributed by atoms with Crippen LogP contribution in [-0.2, 0) is 0 Å². The van der Waals surface area contributed by atoms with Gasteiger partial charge in [0.25, 0.3) is 0 Å². The second-order valence-corrected chi connectivity index (χ2v) is 6.71. The number of nitrogens with zero attached hydrogens (tertiary/aromatic N) is 1. The van der Waals surface area contributed by atoms with Crippen LogP contribution < -0.4 is 5.32 Å². The zero-order valence-corrected chi connectivity index (χ0v) is 13.1. The molecule has 1 aliphatic heterocycles. The van der Waals surface area contributed by atoms with Gasteiger partial charge in [0.15, 0.2) is 0 Å². The molecule has 1 heterocycles. The van der Waals surface area contributed by atoms with Crippen LogP contribution in [0, 0.1) is 5.92 Å². The van der Waals surface area contributed by atoms with Gasteiger partial charge in [-0.1, -0.05) is 46.5 Å². The van der Waals surface area contributed by atoms with Crippen molar-refractivity contribution in [3.05, 3.63) is 0 Å². The molecule has 0 saturated carbocycles. The summed E-state index contributed by atoms with van der Waals surface area (Å²) in [6, 6.07) is 0. The van der Waals surface area contributed by atoms with Gasteiger partial charge in [0.05, 0.1) is 0 Å². The summed E-state index contributed by atoms with van der Waals surface area (Å²) in [5.41, 5.74) is 0.357. The van der Waals surface area contributed by atoms with Gasteiger partial charge in [0.2, 0.25) is 0 Å². The lowest BCUT2D eigenvalue weighted by atomic mass is 9.95. The van der Waals surface area contributed by atoms with Gasteiger partial charge in [0, 0.05) is 25.2 Å². The van der Waals surface area contributed by atoms with Crippen molar-refractivity contribution >= 4 is 0 Å². The summed E-state index contributed by atoms with van der Waals surface area (Å²) in [6.07, 6.45) is 8.29. The predicted molar refractivity (Wildman–Crippen MR) is 81.1 cm³/mol. The molecule has 0 aromatic carbocycles. The Hall–Kier alpha value is -0.0800. The predicted octanol–water partition coefficient (Wildman–Crippen LogP) is 3.67. The van der Waals surface area contributed by atoms with Crippen LogP contribution >= 0.6 is 0 Å². The van der Waals surface area contributed by atoms with E-state index in [4.69, 9.17) is 0 Å². The molecule has 0 bridgehead atoms. The van der Waals surface area contributed by atoms with Crippen LogP contribution in [0.3, 0.4) is 0 Å². The molecule has 2 heteroatoms. The Morgan fingerprint density at radius 3 is 2.56 bits per heavy atom. The number of rotatable bonds is 8. The van der Waals surface area contributed by atoms with Gasteiger partial charge in [0.1, 0.15) is 0 Å². The fraction of sp³-hybridized carbons (Fsp3) is 1.00. The minimum absolute atomic E-state index is 0.357. The van der Waals surface area contributed by atoms with Crippen molar-refractivity contribution in [3.63, 3.8) is 0 Å². The van der Waals surface area contributed by atoms with E-state index in [0.717, 1.165) is 12.5 Å². The molecule has 18 heavy (non-hydrogen) atoms. The molecule has 1 saturated heterocycles. The zero-order chi connectivity index (χ0) is 13.4. The fourth-order valence-corrected chi connectivity index (χ4v) is 2.81. The fourth-order valence-electron chi connectivity index (χ4n) is 2.81. The molecule has 0 aromatic heterocycles. The first-order valence-corrected chi connectivity index (χ1v) is 8.03. The van der Waals surface area contributed by atoms with E-state index in [-0.39, 0.29) is 0 Å².